The zero-order valence-corrected chi connectivity index (χ0v) is 12.8. The molecule has 5 heteroatoms. The van der Waals surface area contributed by atoms with Crippen LogP contribution in [0.4, 0.5) is 0 Å². The van der Waals surface area contributed by atoms with Crippen LogP contribution in [0.15, 0.2) is 36.4 Å². The topological polar surface area (TPSA) is 82.5 Å². The molecular formula is C18H20N2O3. The fraction of sp³-hybridized carbons (Fsp3) is 0.333. The number of para-hydroxylation sites is 1. The van der Waals surface area contributed by atoms with Crippen molar-refractivity contribution in [3.8, 4) is 5.75 Å². The summed E-state index contributed by atoms with van der Waals surface area (Å²) in [6.07, 6.45) is 3.59. The number of phenols is 1. The molecule has 3 rings (SSSR count). The maximum absolute atomic E-state index is 11.0. The minimum absolute atomic E-state index is 0.110. The minimum Gasteiger partial charge on any atom is -0.508 e. The van der Waals surface area contributed by atoms with Gasteiger partial charge in [0.1, 0.15) is 11.4 Å². The first kappa shape index (κ1) is 15.5. The molecule has 23 heavy (non-hydrogen) atoms. The van der Waals surface area contributed by atoms with Crippen molar-refractivity contribution in [3.63, 3.8) is 0 Å². The highest BCUT2D eigenvalue weighted by Gasteiger charge is 2.22. The molecule has 120 valence electrons. The minimum atomic E-state index is -0.984. The second-order valence-corrected chi connectivity index (χ2v) is 5.82. The number of hydrogen-bond acceptors (Lipinski definition) is 4. The predicted octanol–water partition coefficient (Wildman–Crippen LogP) is 2.70. The number of carbonyl (C=O) groups is 1. The summed E-state index contributed by atoms with van der Waals surface area (Å²) in [6.45, 7) is 0.752. The lowest BCUT2D eigenvalue weighted by molar-refractivity contribution is 0.0690. The molecule has 1 unspecified atom stereocenters. The molecule has 1 aliphatic rings. The number of aryl methyl sites for hydroxylation is 1. The molecule has 0 spiro atoms. The van der Waals surface area contributed by atoms with Crippen molar-refractivity contribution in [1.82, 2.24) is 10.3 Å². The number of fused-ring (bicyclic) bond motifs is 1. The standard InChI is InChI=1S/C18H20N2O3/c21-17-7-2-1-4-12(17)10-11-19-14-5-3-6-15-13(14)8-9-16(20-15)18(22)23/h1-2,4,7-9,14,19,21H,3,5-6,10-11H2,(H,22,23). The van der Waals surface area contributed by atoms with Gasteiger partial charge in [0.2, 0.25) is 0 Å². The number of benzene rings is 1. The Morgan fingerprint density at radius 1 is 1.26 bits per heavy atom. The lowest BCUT2D eigenvalue weighted by atomic mass is 9.91. The third-order valence-electron chi connectivity index (χ3n) is 4.29. The van der Waals surface area contributed by atoms with Gasteiger partial charge in [-0.3, -0.25) is 0 Å². The van der Waals surface area contributed by atoms with Gasteiger partial charge in [0.25, 0.3) is 0 Å². The molecule has 1 aromatic carbocycles. The van der Waals surface area contributed by atoms with Gasteiger partial charge < -0.3 is 15.5 Å². The molecule has 0 saturated carbocycles. The summed E-state index contributed by atoms with van der Waals surface area (Å²) in [5.74, 6) is -0.659. The molecule has 2 aromatic rings. The average Bonchev–Trinajstić information content (AvgIpc) is 2.56. The van der Waals surface area contributed by atoms with E-state index in [9.17, 15) is 9.90 Å². The van der Waals surface area contributed by atoms with Gasteiger partial charge in [-0.05, 0) is 55.5 Å². The lowest BCUT2D eigenvalue weighted by Gasteiger charge is -2.26. The Labute approximate surface area is 135 Å². The molecule has 0 radical (unpaired) electrons. The number of pyridine rings is 1. The fourth-order valence-corrected chi connectivity index (χ4v) is 3.09. The van der Waals surface area contributed by atoms with E-state index in [0.717, 1.165) is 49.0 Å². The Kier molecular flexibility index (Phi) is 4.57. The summed E-state index contributed by atoms with van der Waals surface area (Å²) in [4.78, 5) is 15.3. The lowest BCUT2D eigenvalue weighted by Crippen LogP contribution is -2.28. The number of hydrogen-bond donors (Lipinski definition) is 3. The number of aromatic hydroxyl groups is 1. The molecule has 3 N–H and O–H groups in total. The number of carboxylic acids is 1. The zero-order valence-electron chi connectivity index (χ0n) is 12.8. The summed E-state index contributed by atoms with van der Waals surface area (Å²) < 4.78 is 0. The third-order valence-corrected chi connectivity index (χ3v) is 4.29. The number of rotatable bonds is 5. The van der Waals surface area contributed by atoms with Gasteiger partial charge in [-0.25, -0.2) is 9.78 Å². The van der Waals surface area contributed by atoms with E-state index >= 15 is 0 Å². The molecule has 1 heterocycles. The average molecular weight is 312 g/mol. The van der Waals surface area contributed by atoms with Crippen LogP contribution in [0, 0.1) is 0 Å². The summed E-state index contributed by atoms with van der Waals surface area (Å²) in [5, 5.41) is 22.3. The van der Waals surface area contributed by atoms with Crippen LogP contribution in [0.1, 0.15) is 46.2 Å². The van der Waals surface area contributed by atoms with Crippen LogP contribution < -0.4 is 5.32 Å². The first-order valence-corrected chi connectivity index (χ1v) is 7.88. The van der Waals surface area contributed by atoms with E-state index in [1.165, 1.54) is 0 Å². The van der Waals surface area contributed by atoms with E-state index < -0.39 is 5.97 Å². The molecule has 0 amide bonds. The third kappa shape index (κ3) is 3.51. The first-order chi connectivity index (χ1) is 11.1. The molecule has 1 aliphatic carbocycles. The number of nitrogens with one attached hydrogen (secondary N) is 1. The van der Waals surface area contributed by atoms with Crippen molar-refractivity contribution < 1.29 is 15.0 Å². The first-order valence-electron chi connectivity index (χ1n) is 7.88. The van der Waals surface area contributed by atoms with Crippen LogP contribution in [0.25, 0.3) is 0 Å². The van der Waals surface area contributed by atoms with Gasteiger partial charge >= 0.3 is 5.97 Å². The second kappa shape index (κ2) is 6.79. The summed E-state index contributed by atoms with van der Waals surface area (Å²) in [7, 11) is 0. The van der Waals surface area contributed by atoms with Gasteiger partial charge in [-0.15, -0.1) is 0 Å². The summed E-state index contributed by atoms with van der Waals surface area (Å²) >= 11 is 0. The Morgan fingerprint density at radius 3 is 2.87 bits per heavy atom. The van der Waals surface area contributed by atoms with Crippen LogP contribution in [-0.2, 0) is 12.8 Å². The van der Waals surface area contributed by atoms with E-state index in [4.69, 9.17) is 5.11 Å². The number of carboxylic acid groups (broad SMARTS) is 1. The van der Waals surface area contributed by atoms with Crippen LogP contribution >= 0.6 is 0 Å². The van der Waals surface area contributed by atoms with Gasteiger partial charge in [0.15, 0.2) is 0 Å². The fourth-order valence-electron chi connectivity index (χ4n) is 3.09. The molecule has 1 atom stereocenters. The Hall–Kier alpha value is -2.40. The number of nitrogens with zero attached hydrogens (tertiary/aromatic N) is 1. The smallest absolute Gasteiger partial charge is 0.354 e. The number of aromatic carboxylic acids is 1. The Bertz CT molecular complexity index is 715. The largest absolute Gasteiger partial charge is 0.508 e. The van der Waals surface area contributed by atoms with Gasteiger partial charge in [-0.1, -0.05) is 24.3 Å². The van der Waals surface area contributed by atoms with E-state index in [2.05, 4.69) is 10.3 Å². The number of aromatic nitrogens is 1. The quantitative estimate of drug-likeness (QED) is 0.791. The molecular weight excluding hydrogens is 292 g/mol. The highest BCUT2D eigenvalue weighted by atomic mass is 16.4. The Morgan fingerprint density at radius 2 is 2.09 bits per heavy atom. The van der Waals surface area contributed by atoms with Gasteiger partial charge in [0.05, 0.1) is 0 Å². The van der Waals surface area contributed by atoms with Crippen molar-refractivity contribution >= 4 is 5.97 Å². The molecule has 5 nitrogen and oxygen atoms in total. The maximum Gasteiger partial charge on any atom is 0.354 e. The van der Waals surface area contributed by atoms with E-state index in [1.807, 2.05) is 24.3 Å². The molecule has 0 bridgehead atoms. The van der Waals surface area contributed by atoms with Crippen LogP contribution in [-0.4, -0.2) is 27.7 Å². The van der Waals surface area contributed by atoms with E-state index in [0.29, 0.717) is 5.75 Å². The summed E-state index contributed by atoms with van der Waals surface area (Å²) in [5.41, 5.74) is 3.02. The van der Waals surface area contributed by atoms with Crippen LogP contribution in [0.3, 0.4) is 0 Å². The molecule has 1 aromatic heterocycles. The molecule has 0 aliphatic heterocycles. The normalized spacial score (nSPS) is 16.8. The highest BCUT2D eigenvalue weighted by Crippen LogP contribution is 2.29. The monoisotopic (exact) mass is 312 g/mol. The highest BCUT2D eigenvalue weighted by molar-refractivity contribution is 5.85. The molecule has 0 fully saturated rings. The van der Waals surface area contributed by atoms with E-state index in [1.54, 1.807) is 12.1 Å². The second-order valence-electron chi connectivity index (χ2n) is 5.82. The molecule has 0 saturated heterocycles. The summed E-state index contributed by atoms with van der Waals surface area (Å²) in [6, 6.07) is 11.0. The van der Waals surface area contributed by atoms with Crippen LogP contribution in [0.2, 0.25) is 0 Å². The van der Waals surface area contributed by atoms with Gasteiger partial charge in [-0.2, -0.15) is 0 Å². The van der Waals surface area contributed by atoms with Crippen molar-refractivity contribution in [2.75, 3.05) is 6.54 Å². The zero-order chi connectivity index (χ0) is 16.2. The van der Waals surface area contributed by atoms with Crippen molar-refractivity contribution in [1.29, 1.82) is 0 Å². The maximum atomic E-state index is 11.0. The SMILES string of the molecule is O=C(O)c1ccc2c(n1)CCCC2NCCc1ccccc1O. The number of phenolic OH excluding ortho intramolecular Hbond substituents is 1. The van der Waals surface area contributed by atoms with Crippen molar-refractivity contribution in [2.45, 2.75) is 31.7 Å². The predicted molar refractivity (Wildman–Crippen MR) is 86.7 cm³/mol. The van der Waals surface area contributed by atoms with Crippen LogP contribution in [0.5, 0.6) is 5.75 Å². The van der Waals surface area contributed by atoms with Crippen molar-refractivity contribution in [2.24, 2.45) is 0 Å². The van der Waals surface area contributed by atoms with Gasteiger partial charge in [0, 0.05) is 11.7 Å². The Balaban J connectivity index is 1.66. The van der Waals surface area contributed by atoms with Crippen molar-refractivity contribution in [3.05, 3.63) is 58.9 Å². The van der Waals surface area contributed by atoms with E-state index in [-0.39, 0.29) is 11.7 Å².